The summed E-state index contributed by atoms with van der Waals surface area (Å²) in [6, 6.07) is 10.3. The van der Waals surface area contributed by atoms with E-state index in [9.17, 15) is 4.79 Å². The first-order chi connectivity index (χ1) is 17.9. The van der Waals surface area contributed by atoms with Crippen LogP contribution in [0.2, 0.25) is 0 Å². The lowest BCUT2D eigenvalue weighted by Crippen LogP contribution is -2.34. The van der Waals surface area contributed by atoms with Gasteiger partial charge in [0.15, 0.2) is 0 Å². The highest BCUT2D eigenvalue weighted by molar-refractivity contribution is 7.09. The van der Waals surface area contributed by atoms with Crippen LogP contribution < -0.4 is 5.32 Å². The molecule has 0 atom stereocenters. The Kier molecular flexibility index (Phi) is 10.0. The molecule has 2 aromatic heterocycles. The molecule has 0 aliphatic carbocycles. The molecule has 1 amide bonds. The van der Waals surface area contributed by atoms with E-state index in [0.29, 0.717) is 11.8 Å². The number of carbonyl (C=O) groups excluding carboxylic acids is 1. The molecule has 1 aliphatic rings. The second-order valence-corrected chi connectivity index (χ2v) is 12.3. The maximum absolute atomic E-state index is 13.7. The summed E-state index contributed by atoms with van der Waals surface area (Å²) >= 11 is 1.76. The van der Waals surface area contributed by atoms with Crippen LogP contribution in [-0.4, -0.2) is 58.0 Å². The Morgan fingerprint density at radius 1 is 1.05 bits per heavy atom. The fourth-order valence-corrected chi connectivity index (χ4v) is 5.63. The Labute approximate surface area is 227 Å². The average Bonchev–Trinajstić information content (AvgIpc) is 3.64. The fraction of sp³-hybridized carbons (Fsp3) is 0.600. The first-order valence-electron chi connectivity index (χ1n) is 14.2. The summed E-state index contributed by atoms with van der Waals surface area (Å²) in [7, 11) is 0. The molecule has 1 aromatic carbocycles. The second-order valence-electron chi connectivity index (χ2n) is 11.3. The van der Waals surface area contributed by atoms with Crippen LogP contribution in [0.25, 0.3) is 11.0 Å². The number of hydrogen-bond donors (Lipinski definition) is 1. The number of carbonyl (C=O) groups is 1. The molecule has 1 N–H and O–H groups in total. The molecule has 1 saturated heterocycles. The highest BCUT2D eigenvalue weighted by atomic mass is 32.1. The SMILES string of the molecule is CC(C)CCN(CCC(C)C)C(=O)c1ccc2nc(NCc3cccs3)n(CCCN3CCCC3)c2c1. The van der Waals surface area contributed by atoms with E-state index in [0.717, 1.165) is 74.5 Å². The number of nitrogens with zero attached hydrogens (tertiary/aromatic N) is 4. The van der Waals surface area contributed by atoms with Gasteiger partial charge >= 0.3 is 0 Å². The van der Waals surface area contributed by atoms with Crippen LogP contribution >= 0.6 is 11.3 Å². The average molecular weight is 524 g/mol. The molecule has 6 nitrogen and oxygen atoms in total. The van der Waals surface area contributed by atoms with Crippen LogP contribution in [0.1, 0.15) is 75.0 Å². The van der Waals surface area contributed by atoms with Crippen molar-refractivity contribution in [3.05, 3.63) is 46.2 Å². The standard InChI is InChI=1S/C30H45N5OS/c1-23(2)12-18-34(19-13-24(3)4)29(36)25-10-11-27-28(21-25)35(17-8-16-33-14-5-6-15-33)30(32-27)31-22-26-9-7-20-37-26/h7,9-11,20-21,23-24H,5-6,8,12-19,22H2,1-4H3,(H,31,32). The minimum absolute atomic E-state index is 0.140. The summed E-state index contributed by atoms with van der Waals surface area (Å²) in [5.74, 6) is 2.18. The lowest BCUT2D eigenvalue weighted by molar-refractivity contribution is 0.0741. The van der Waals surface area contributed by atoms with Gasteiger partial charge in [0.05, 0.1) is 17.6 Å². The molecule has 202 valence electrons. The lowest BCUT2D eigenvalue weighted by atomic mass is 10.1. The summed E-state index contributed by atoms with van der Waals surface area (Å²) in [5.41, 5.74) is 2.77. The number of fused-ring (bicyclic) bond motifs is 1. The van der Waals surface area contributed by atoms with Crippen molar-refractivity contribution in [3.63, 3.8) is 0 Å². The van der Waals surface area contributed by atoms with Crippen molar-refractivity contribution in [1.82, 2.24) is 19.4 Å². The van der Waals surface area contributed by atoms with Crippen molar-refractivity contribution in [3.8, 4) is 0 Å². The van der Waals surface area contributed by atoms with Crippen LogP contribution in [0.4, 0.5) is 5.95 Å². The van der Waals surface area contributed by atoms with E-state index in [1.807, 2.05) is 12.1 Å². The molecule has 4 rings (SSSR count). The summed E-state index contributed by atoms with van der Waals surface area (Å²) in [5, 5.41) is 5.68. The van der Waals surface area contributed by atoms with Gasteiger partial charge < -0.3 is 19.7 Å². The highest BCUT2D eigenvalue weighted by Crippen LogP contribution is 2.24. The Morgan fingerprint density at radius 2 is 1.78 bits per heavy atom. The van der Waals surface area contributed by atoms with Gasteiger partial charge in [-0.25, -0.2) is 4.98 Å². The van der Waals surface area contributed by atoms with Gasteiger partial charge in [0.1, 0.15) is 0 Å². The largest absolute Gasteiger partial charge is 0.351 e. The van der Waals surface area contributed by atoms with E-state index < -0.39 is 0 Å². The molecule has 1 aliphatic heterocycles. The zero-order chi connectivity index (χ0) is 26.2. The number of anilines is 1. The van der Waals surface area contributed by atoms with Crippen molar-refractivity contribution < 1.29 is 4.79 Å². The van der Waals surface area contributed by atoms with Crippen LogP contribution in [0, 0.1) is 11.8 Å². The zero-order valence-electron chi connectivity index (χ0n) is 23.2. The van der Waals surface area contributed by atoms with E-state index in [-0.39, 0.29) is 5.91 Å². The van der Waals surface area contributed by atoms with Gasteiger partial charge in [0.25, 0.3) is 5.91 Å². The third-order valence-corrected chi connectivity index (χ3v) is 8.17. The molecule has 3 heterocycles. The van der Waals surface area contributed by atoms with Gasteiger partial charge in [-0.05, 0) is 93.2 Å². The van der Waals surface area contributed by atoms with Gasteiger partial charge in [-0.1, -0.05) is 33.8 Å². The Balaban J connectivity index is 1.57. The van der Waals surface area contributed by atoms with Crippen molar-refractivity contribution >= 4 is 34.2 Å². The second kappa shape index (κ2) is 13.4. The van der Waals surface area contributed by atoms with Gasteiger partial charge in [-0.15, -0.1) is 11.3 Å². The minimum Gasteiger partial charge on any atom is -0.351 e. The molecule has 3 aromatic rings. The molecule has 0 bridgehead atoms. The van der Waals surface area contributed by atoms with Crippen molar-refractivity contribution in [1.29, 1.82) is 0 Å². The smallest absolute Gasteiger partial charge is 0.253 e. The summed E-state index contributed by atoms with van der Waals surface area (Å²) in [4.78, 5) is 24.5. The Hall–Kier alpha value is -2.38. The third-order valence-electron chi connectivity index (χ3n) is 7.29. The third kappa shape index (κ3) is 7.81. The van der Waals surface area contributed by atoms with Crippen molar-refractivity contribution in [2.45, 2.75) is 72.9 Å². The van der Waals surface area contributed by atoms with Gasteiger partial charge in [0, 0.05) is 30.1 Å². The number of aromatic nitrogens is 2. The molecule has 0 spiro atoms. The van der Waals surface area contributed by atoms with Gasteiger partial charge in [-0.2, -0.15) is 0 Å². The first kappa shape index (κ1) is 27.6. The first-order valence-corrected chi connectivity index (χ1v) is 15.1. The fourth-order valence-electron chi connectivity index (χ4n) is 4.98. The normalized spacial score (nSPS) is 14.3. The monoisotopic (exact) mass is 523 g/mol. The van der Waals surface area contributed by atoms with E-state index in [1.165, 1.54) is 30.8 Å². The quantitative estimate of drug-likeness (QED) is 0.255. The number of benzene rings is 1. The lowest BCUT2D eigenvalue weighted by Gasteiger charge is -2.25. The zero-order valence-corrected chi connectivity index (χ0v) is 24.0. The predicted octanol–water partition coefficient (Wildman–Crippen LogP) is 6.73. The van der Waals surface area contributed by atoms with Crippen LogP contribution in [0.15, 0.2) is 35.7 Å². The van der Waals surface area contributed by atoms with Crippen molar-refractivity contribution in [2.24, 2.45) is 11.8 Å². The van der Waals surface area contributed by atoms with Gasteiger partial charge in [-0.3, -0.25) is 4.79 Å². The highest BCUT2D eigenvalue weighted by Gasteiger charge is 2.20. The van der Waals surface area contributed by atoms with E-state index in [2.05, 4.69) is 71.0 Å². The van der Waals surface area contributed by atoms with E-state index in [1.54, 1.807) is 11.3 Å². The maximum Gasteiger partial charge on any atom is 0.253 e. The number of hydrogen-bond acceptors (Lipinski definition) is 5. The van der Waals surface area contributed by atoms with E-state index >= 15 is 0 Å². The molecule has 1 fully saturated rings. The molecule has 0 saturated carbocycles. The summed E-state index contributed by atoms with van der Waals surface area (Å²) in [6.45, 7) is 15.7. The maximum atomic E-state index is 13.7. The number of likely N-dealkylation sites (tertiary alicyclic amines) is 1. The Bertz CT molecular complexity index is 1100. The number of thiophene rings is 1. The van der Waals surface area contributed by atoms with E-state index in [4.69, 9.17) is 4.98 Å². The van der Waals surface area contributed by atoms with Crippen LogP contribution in [-0.2, 0) is 13.1 Å². The molecule has 0 unspecified atom stereocenters. The molecule has 7 heteroatoms. The minimum atomic E-state index is 0.140. The van der Waals surface area contributed by atoms with Crippen molar-refractivity contribution in [2.75, 3.05) is 38.0 Å². The summed E-state index contributed by atoms with van der Waals surface area (Å²) < 4.78 is 2.29. The molecule has 37 heavy (non-hydrogen) atoms. The number of imidazole rings is 1. The topological polar surface area (TPSA) is 53.4 Å². The number of amides is 1. The number of nitrogens with one attached hydrogen (secondary N) is 1. The number of aryl methyl sites for hydroxylation is 1. The van der Waals surface area contributed by atoms with Crippen LogP contribution in [0.3, 0.4) is 0 Å². The van der Waals surface area contributed by atoms with Gasteiger partial charge in [0.2, 0.25) is 5.95 Å². The van der Waals surface area contributed by atoms with Crippen LogP contribution in [0.5, 0.6) is 0 Å². The summed E-state index contributed by atoms with van der Waals surface area (Å²) in [6.07, 6.45) is 5.76. The molecular formula is C30H45N5OS. The molecular weight excluding hydrogens is 478 g/mol. The Morgan fingerprint density at radius 3 is 2.43 bits per heavy atom. The molecule has 0 radical (unpaired) electrons. The predicted molar refractivity (Wildman–Crippen MR) is 156 cm³/mol. The number of rotatable bonds is 14.